The van der Waals surface area contributed by atoms with E-state index >= 15 is 0 Å². The van der Waals surface area contributed by atoms with Crippen molar-refractivity contribution in [2.45, 2.75) is 0 Å². The van der Waals surface area contributed by atoms with Gasteiger partial charge in [0.25, 0.3) is 0 Å². The van der Waals surface area contributed by atoms with Crippen LogP contribution in [0.4, 0.5) is 11.6 Å². The van der Waals surface area contributed by atoms with Crippen LogP contribution < -0.4 is 11.5 Å². The Labute approximate surface area is 77.1 Å². The van der Waals surface area contributed by atoms with Gasteiger partial charge in [-0.25, -0.2) is 4.98 Å². The van der Waals surface area contributed by atoms with Crippen molar-refractivity contribution in [3.63, 3.8) is 0 Å². The number of hydrogen-bond acceptors (Lipinski definition) is 3. The number of imidazole rings is 1. The third kappa shape index (κ3) is 0.937. The van der Waals surface area contributed by atoms with Gasteiger partial charge in [0.2, 0.25) is 0 Å². The van der Waals surface area contributed by atoms with Gasteiger partial charge in [-0.15, -0.1) is 0 Å². The summed E-state index contributed by atoms with van der Waals surface area (Å²) in [5, 5.41) is 0. The van der Waals surface area contributed by atoms with Gasteiger partial charge in [-0.3, -0.25) is 0 Å². The zero-order valence-corrected chi connectivity index (χ0v) is 7.72. The Bertz CT molecular complexity index is 395. The van der Waals surface area contributed by atoms with Gasteiger partial charge in [-0.2, -0.15) is 0 Å². The van der Waals surface area contributed by atoms with E-state index in [4.69, 9.17) is 11.5 Å². The van der Waals surface area contributed by atoms with Crippen molar-refractivity contribution in [2.24, 2.45) is 0 Å². The number of rotatable bonds is 0. The molecule has 0 unspecified atom stereocenters. The molecule has 5 heteroatoms. The molecule has 0 aliphatic carbocycles. The number of fused-ring (bicyclic) bond motifs is 1. The van der Waals surface area contributed by atoms with Crippen LogP contribution in [0, 0.1) is 0 Å². The number of nitrogens with two attached hydrogens (primary N) is 2. The summed E-state index contributed by atoms with van der Waals surface area (Å²) < 4.78 is 0.889. The average Bonchev–Trinajstić information content (AvgIpc) is 2.41. The molecule has 0 saturated carbocycles. The molecule has 2 aromatic rings. The van der Waals surface area contributed by atoms with E-state index in [1.165, 1.54) is 0 Å². The molecule has 0 fully saturated rings. The van der Waals surface area contributed by atoms with Crippen molar-refractivity contribution in [1.82, 2.24) is 9.97 Å². The first-order valence-electron chi connectivity index (χ1n) is 3.37. The molecule has 12 heavy (non-hydrogen) atoms. The van der Waals surface area contributed by atoms with E-state index in [0.717, 1.165) is 15.5 Å². The Morgan fingerprint density at radius 1 is 1.33 bits per heavy atom. The van der Waals surface area contributed by atoms with Crippen LogP contribution >= 0.6 is 15.9 Å². The highest BCUT2D eigenvalue weighted by Gasteiger charge is 2.05. The highest BCUT2D eigenvalue weighted by molar-refractivity contribution is 9.10. The van der Waals surface area contributed by atoms with Crippen molar-refractivity contribution < 1.29 is 0 Å². The summed E-state index contributed by atoms with van der Waals surface area (Å²) in [4.78, 5) is 6.95. The van der Waals surface area contributed by atoms with Crippen molar-refractivity contribution in [2.75, 3.05) is 11.5 Å². The van der Waals surface area contributed by atoms with E-state index in [0.29, 0.717) is 11.6 Å². The van der Waals surface area contributed by atoms with Gasteiger partial charge in [-0.05, 0) is 28.1 Å². The minimum absolute atomic E-state index is 0.378. The van der Waals surface area contributed by atoms with Crippen molar-refractivity contribution in [3.05, 3.63) is 16.6 Å². The fourth-order valence-corrected chi connectivity index (χ4v) is 1.52. The molecule has 2 rings (SSSR count). The third-order valence-electron chi connectivity index (χ3n) is 1.65. The van der Waals surface area contributed by atoms with Gasteiger partial charge in [0.05, 0.1) is 11.2 Å². The summed E-state index contributed by atoms with van der Waals surface area (Å²) in [6.07, 6.45) is 0. The lowest BCUT2D eigenvalue weighted by Gasteiger charge is -1.95. The molecule has 0 aliphatic heterocycles. The van der Waals surface area contributed by atoms with Gasteiger partial charge >= 0.3 is 0 Å². The third-order valence-corrected chi connectivity index (χ3v) is 2.29. The normalized spacial score (nSPS) is 10.8. The molecule has 0 amide bonds. The molecule has 1 aromatic carbocycles. The maximum absolute atomic E-state index is 5.69. The summed E-state index contributed by atoms with van der Waals surface area (Å²) in [6.45, 7) is 0. The number of anilines is 2. The predicted octanol–water partition coefficient (Wildman–Crippen LogP) is 1.49. The first kappa shape index (κ1) is 7.42. The minimum atomic E-state index is 0.378. The Morgan fingerprint density at radius 2 is 2.08 bits per heavy atom. The summed E-state index contributed by atoms with van der Waals surface area (Å²) in [5.41, 5.74) is 13.4. The maximum Gasteiger partial charge on any atom is 0.198 e. The number of halogens is 1. The van der Waals surface area contributed by atoms with Crippen LogP contribution in [0.1, 0.15) is 0 Å². The molecular weight excluding hydrogens is 220 g/mol. The Morgan fingerprint density at radius 3 is 2.75 bits per heavy atom. The van der Waals surface area contributed by atoms with Gasteiger partial charge in [-0.1, -0.05) is 0 Å². The summed E-state index contributed by atoms with van der Waals surface area (Å²) in [6, 6.07) is 3.64. The topological polar surface area (TPSA) is 80.7 Å². The fraction of sp³-hybridized carbons (Fsp3) is 0. The van der Waals surface area contributed by atoms with Crippen molar-refractivity contribution >= 4 is 38.6 Å². The van der Waals surface area contributed by atoms with E-state index in [1.54, 1.807) is 6.07 Å². The summed E-state index contributed by atoms with van der Waals surface area (Å²) in [5.74, 6) is 0.378. The number of aromatic amines is 1. The van der Waals surface area contributed by atoms with Crippen LogP contribution in [0.25, 0.3) is 11.0 Å². The Kier molecular flexibility index (Phi) is 1.47. The van der Waals surface area contributed by atoms with Crippen LogP contribution in [0.3, 0.4) is 0 Å². The van der Waals surface area contributed by atoms with Crippen molar-refractivity contribution in [1.29, 1.82) is 0 Å². The van der Waals surface area contributed by atoms with Crippen LogP contribution in [-0.2, 0) is 0 Å². The Balaban J connectivity index is 2.93. The number of nitrogen functional groups attached to an aromatic ring is 2. The first-order chi connectivity index (χ1) is 5.68. The number of benzene rings is 1. The molecule has 1 aromatic heterocycles. The van der Waals surface area contributed by atoms with Crippen LogP contribution in [0.5, 0.6) is 0 Å². The molecule has 1 heterocycles. The fourth-order valence-electron chi connectivity index (χ4n) is 1.10. The molecular formula is C7H7BrN4. The molecule has 4 nitrogen and oxygen atoms in total. The standard InChI is InChI=1S/C7H7BrN4/c8-3-1-2-4(9)6-5(3)11-7(10)12-6/h1-2H,9H2,(H3,10,11,12). The smallest absolute Gasteiger partial charge is 0.198 e. The molecule has 0 aliphatic rings. The SMILES string of the molecule is Nc1nc2c(Br)ccc(N)c2[nH]1. The van der Waals surface area contributed by atoms with Gasteiger partial charge in [0.15, 0.2) is 5.95 Å². The lowest BCUT2D eigenvalue weighted by Crippen LogP contribution is -1.86. The second kappa shape index (κ2) is 2.38. The highest BCUT2D eigenvalue weighted by atomic mass is 79.9. The average molecular weight is 227 g/mol. The van der Waals surface area contributed by atoms with Crippen LogP contribution in [0.15, 0.2) is 16.6 Å². The predicted molar refractivity (Wildman–Crippen MR) is 52.6 cm³/mol. The van der Waals surface area contributed by atoms with E-state index in [9.17, 15) is 0 Å². The molecule has 0 atom stereocenters. The van der Waals surface area contributed by atoms with Crippen LogP contribution in [-0.4, -0.2) is 9.97 Å². The molecule has 0 spiro atoms. The van der Waals surface area contributed by atoms with E-state index in [2.05, 4.69) is 25.9 Å². The maximum atomic E-state index is 5.69. The van der Waals surface area contributed by atoms with Crippen LogP contribution in [0.2, 0.25) is 0 Å². The summed E-state index contributed by atoms with van der Waals surface area (Å²) >= 11 is 3.35. The van der Waals surface area contributed by atoms with E-state index in [-0.39, 0.29) is 0 Å². The van der Waals surface area contributed by atoms with Crippen molar-refractivity contribution in [3.8, 4) is 0 Å². The number of H-pyrrole nitrogens is 1. The zero-order chi connectivity index (χ0) is 8.72. The monoisotopic (exact) mass is 226 g/mol. The molecule has 62 valence electrons. The second-order valence-electron chi connectivity index (χ2n) is 2.48. The molecule has 0 radical (unpaired) electrons. The minimum Gasteiger partial charge on any atom is -0.397 e. The second-order valence-corrected chi connectivity index (χ2v) is 3.34. The number of hydrogen-bond donors (Lipinski definition) is 3. The first-order valence-corrected chi connectivity index (χ1v) is 4.17. The molecule has 0 saturated heterocycles. The zero-order valence-electron chi connectivity index (χ0n) is 6.13. The summed E-state index contributed by atoms with van der Waals surface area (Å²) in [7, 11) is 0. The largest absolute Gasteiger partial charge is 0.397 e. The number of aromatic nitrogens is 2. The van der Waals surface area contributed by atoms with Gasteiger partial charge in [0.1, 0.15) is 5.52 Å². The lowest BCUT2D eigenvalue weighted by molar-refractivity contribution is 1.35. The van der Waals surface area contributed by atoms with E-state index < -0.39 is 0 Å². The van der Waals surface area contributed by atoms with Gasteiger partial charge in [0, 0.05) is 4.47 Å². The number of nitrogens with zero attached hydrogens (tertiary/aromatic N) is 1. The van der Waals surface area contributed by atoms with Gasteiger partial charge < -0.3 is 16.5 Å². The highest BCUT2D eigenvalue weighted by Crippen LogP contribution is 2.26. The molecule has 5 N–H and O–H groups in total. The Hall–Kier alpha value is -1.23. The number of nitrogens with one attached hydrogen (secondary N) is 1. The molecule has 0 bridgehead atoms. The lowest BCUT2D eigenvalue weighted by atomic mass is 10.3. The van der Waals surface area contributed by atoms with E-state index in [1.807, 2.05) is 6.07 Å². The quantitative estimate of drug-likeness (QED) is 0.596.